The van der Waals surface area contributed by atoms with Gasteiger partial charge in [-0.2, -0.15) is 0 Å². The van der Waals surface area contributed by atoms with Crippen LogP contribution in [0.3, 0.4) is 0 Å². The van der Waals surface area contributed by atoms with Crippen LogP contribution in [0.25, 0.3) is 0 Å². The van der Waals surface area contributed by atoms with E-state index in [0.29, 0.717) is 36.7 Å². The third-order valence-electron chi connectivity index (χ3n) is 10.0. The summed E-state index contributed by atoms with van der Waals surface area (Å²) >= 11 is 0. The van der Waals surface area contributed by atoms with Crippen molar-refractivity contribution in [3.05, 3.63) is 71.3 Å². The molecule has 0 fully saturated rings. The lowest BCUT2D eigenvalue weighted by Gasteiger charge is -2.28. The van der Waals surface area contributed by atoms with Crippen LogP contribution in [-0.4, -0.2) is 75.8 Å². The molecule has 12 heteroatoms. The Hall–Kier alpha value is -3.08. The first-order valence-electron chi connectivity index (χ1n) is 22.7. The van der Waals surface area contributed by atoms with Crippen LogP contribution in [0.5, 0.6) is 0 Å². The summed E-state index contributed by atoms with van der Waals surface area (Å²) in [5.41, 5.74) is 2.61. The van der Waals surface area contributed by atoms with E-state index in [2.05, 4.69) is 39.8 Å². The number of ketones is 1. The van der Waals surface area contributed by atoms with E-state index in [0.717, 1.165) is 95.0 Å². The normalized spacial score (nSPS) is 13.9. The number of unbranched alkanes of at least 4 members (excludes halogenated alkanes) is 10. The number of hydrogen-bond acceptors (Lipinski definition) is 10. The number of furan rings is 1. The summed E-state index contributed by atoms with van der Waals surface area (Å²) in [5, 5.41) is 0. The molecule has 0 amide bonds. The molecule has 0 spiro atoms. The molecule has 0 radical (unpaired) electrons. The van der Waals surface area contributed by atoms with Crippen LogP contribution in [0, 0.1) is 13.8 Å². The molecule has 0 saturated carbocycles. The molecule has 1 aromatic heterocycles. The number of carbonyl (C=O) groups is 3. The van der Waals surface area contributed by atoms with Gasteiger partial charge < -0.3 is 32.3 Å². The number of esters is 2. The molecule has 60 heavy (non-hydrogen) atoms. The van der Waals surface area contributed by atoms with Crippen molar-refractivity contribution in [2.24, 2.45) is 0 Å². The van der Waals surface area contributed by atoms with E-state index in [1.807, 2.05) is 45.4 Å². The second-order valence-electron chi connectivity index (χ2n) is 16.7. The van der Waals surface area contributed by atoms with Crippen LogP contribution in [0.1, 0.15) is 158 Å². The van der Waals surface area contributed by atoms with Crippen LogP contribution in [0.4, 0.5) is 0 Å². The van der Waals surface area contributed by atoms with Gasteiger partial charge in [-0.3, -0.25) is 18.9 Å². The highest BCUT2D eigenvalue weighted by molar-refractivity contribution is 7.45. The van der Waals surface area contributed by atoms with E-state index in [4.69, 9.17) is 22.9 Å². The number of carbonyl (C=O) groups excluding carboxylic acids is 3. The Labute approximate surface area is 363 Å². The Bertz CT molecular complexity index is 1500. The van der Waals surface area contributed by atoms with Crippen LogP contribution in [-0.2, 0) is 50.3 Å². The van der Waals surface area contributed by atoms with Crippen LogP contribution < -0.4 is 4.89 Å². The fourth-order valence-corrected chi connectivity index (χ4v) is 6.91. The first-order valence-corrected chi connectivity index (χ1v) is 24.1. The van der Waals surface area contributed by atoms with Crippen LogP contribution >= 0.6 is 7.82 Å². The smallest absolute Gasteiger partial charge is 0.306 e. The van der Waals surface area contributed by atoms with E-state index in [1.165, 1.54) is 24.0 Å². The highest BCUT2D eigenvalue weighted by Crippen LogP contribution is 2.38. The number of quaternary nitrogens is 1. The van der Waals surface area contributed by atoms with Crippen molar-refractivity contribution in [1.29, 1.82) is 0 Å². The molecular formula is C48H80NO10P. The second kappa shape index (κ2) is 33.5. The second-order valence-corrected chi connectivity index (χ2v) is 18.1. The average molecular weight is 862 g/mol. The molecule has 0 aliphatic rings. The van der Waals surface area contributed by atoms with Crippen molar-refractivity contribution in [2.45, 2.75) is 169 Å². The molecule has 342 valence electrons. The fourth-order valence-electron chi connectivity index (χ4n) is 6.18. The lowest BCUT2D eigenvalue weighted by atomic mass is 10.0. The van der Waals surface area contributed by atoms with Crippen LogP contribution in [0.2, 0.25) is 0 Å². The monoisotopic (exact) mass is 862 g/mol. The molecule has 1 unspecified atom stereocenters. The van der Waals surface area contributed by atoms with Gasteiger partial charge in [0.2, 0.25) is 0 Å². The quantitative estimate of drug-likeness (QED) is 0.0121. The van der Waals surface area contributed by atoms with Gasteiger partial charge in [-0.05, 0) is 82.4 Å². The fraction of sp³-hybridized carbons (Fsp3) is 0.688. The van der Waals surface area contributed by atoms with Gasteiger partial charge in [0.05, 0.1) is 27.7 Å². The van der Waals surface area contributed by atoms with Crippen molar-refractivity contribution in [2.75, 3.05) is 47.5 Å². The standard InChI is InChI=1S/C48H80NO10P/c1-8-10-26-32-43(50)33-27-22-18-14-12-11-13-15-21-25-30-36-48(52)58-44(40-57-60(53,54)56-38-37-49(5,6)7)39-55-47(51)35-29-24-20-17-16-19-23-28-34-46-42(4)41(3)45(59-46)31-9-2/h11-12,15,18,21-22,27,33,44H,8-10,13-14,16-17,19-20,23-26,28-32,34-40H2,1-7H3/b12-11-,21-15-,22-18-,33-27+/t44-/m1/s1. The number of allylic oxidation sites excluding steroid dienone is 8. The summed E-state index contributed by atoms with van der Waals surface area (Å²) < 4.78 is 40.0. The van der Waals surface area contributed by atoms with Gasteiger partial charge in [-0.1, -0.05) is 108 Å². The van der Waals surface area contributed by atoms with Crippen molar-refractivity contribution in [1.82, 2.24) is 0 Å². The summed E-state index contributed by atoms with van der Waals surface area (Å²) in [4.78, 5) is 49.4. The minimum absolute atomic E-state index is 0.0602. The number of phosphoric ester groups is 1. The summed E-state index contributed by atoms with van der Waals surface area (Å²) in [6.45, 7) is 8.18. The first-order chi connectivity index (χ1) is 28.7. The predicted octanol–water partition coefficient (Wildman–Crippen LogP) is 10.9. The Morgan fingerprint density at radius 1 is 0.683 bits per heavy atom. The van der Waals surface area contributed by atoms with Gasteiger partial charge in [-0.25, -0.2) is 0 Å². The number of aryl methyl sites for hydroxylation is 2. The summed E-state index contributed by atoms with van der Waals surface area (Å²) in [6.07, 6.45) is 32.6. The maximum absolute atomic E-state index is 12.7. The maximum atomic E-state index is 12.7. The lowest BCUT2D eigenvalue weighted by Crippen LogP contribution is -2.37. The SMILES string of the molecule is CCCCCC(=O)/C=C/C=C\C/C=C\C/C=C\CCCC(=O)O[C@H](COC(=O)CCCCCCCCCCc1oc(CCC)c(C)c1C)COP(=O)([O-])OCC[N+](C)(C)C. The topological polar surface area (TPSA) is 141 Å². The zero-order valence-corrected chi connectivity index (χ0v) is 39.2. The van der Waals surface area contributed by atoms with Crippen molar-refractivity contribution in [3.8, 4) is 0 Å². The number of ether oxygens (including phenoxy) is 2. The summed E-state index contributed by atoms with van der Waals surface area (Å²) in [6, 6.07) is 0. The molecule has 0 aliphatic carbocycles. The van der Waals surface area contributed by atoms with Gasteiger partial charge in [0.15, 0.2) is 11.9 Å². The Morgan fingerprint density at radius 2 is 1.28 bits per heavy atom. The average Bonchev–Trinajstić information content (AvgIpc) is 3.45. The van der Waals surface area contributed by atoms with Gasteiger partial charge in [0.1, 0.15) is 31.3 Å². The third-order valence-corrected chi connectivity index (χ3v) is 11.0. The van der Waals surface area contributed by atoms with Crippen molar-refractivity contribution in [3.63, 3.8) is 0 Å². The van der Waals surface area contributed by atoms with E-state index in [-0.39, 0.29) is 31.8 Å². The zero-order chi connectivity index (χ0) is 44.5. The Kier molecular flexibility index (Phi) is 30.7. The van der Waals surface area contributed by atoms with Gasteiger partial charge >= 0.3 is 11.9 Å². The minimum Gasteiger partial charge on any atom is -0.756 e. The molecule has 0 aliphatic heterocycles. The van der Waals surface area contributed by atoms with Crippen molar-refractivity contribution >= 4 is 25.5 Å². The predicted molar refractivity (Wildman–Crippen MR) is 239 cm³/mol. The molecule has 0 N–H and O–H groups in total. The van der Waals surface area contributed by atoms with E-state index >= 15 is 0 Å². The number of rotatable bonds is 37. The van der Waals surface area contributed by atoms with Crippen LogP contribution in [0.15, 0.2) is 53.0 Å². The Balaban J connectivity index is 2.39. The van der Waals surface area contributed by atoms with E-state index in [1.54, 1.807) is 12.2 Å². The number of hydrogen-bond donors (Lipinski definition) is 0. The van der Waals surface area contributed by atoms with E-state index < -0.39 is 32.5 Å². The highest BCUT2D eigenvalue weighted by atomic mass is 31.2. The number of likely N-dealkylation sites (N-methyl/N-ethyl adjacent to an activating group) is 1. The summed E-state index contributed by atoms with van der Waals surface area (Å²) in [7, 11) is 1.07. The molecule has 0 saturated heterocycles. The Morgan fingerprint density at radius 3 is 1.95 bits per heavy atom. The maximum Gasteiger partial charge on any atom is 0.306 e. The molecule has 11 nitrogen and oxygen atoms in total. The molecule has 1 aromatic rings. The minimum atomic E-state index is -4.67. The number of phosphoric acid groups is 1. The summed E-state index contributed by atoms with van der Waals surface area (Å²) in [5.74, 6) is 1.48. The third kappa shape index (κ3) is 30.0. The molecule has 0 aromatic carbocycles. The molecule has 2 atom stereocenters. The first kappa shape index (κ1) is 54.9. The van der Waals surface area contributed by atoms with Gasteiger partial charge in [0, 0.05) is 32.1 Å². The highest BCUT2D eigenvalue weighted by Gasteiger charge is 2.22. The molecular weight excluding hydrogens is 781 g/mol. The van der Waals surface area contributed by atoms with Gasteiger partial charge in [-0.15, -0.1) is 0 Å². The zero-order valence-electron chi connectivity index (χ0n) is 38.4. The molecule has 1 heterocycles. The lowest BCUT2D eigenvalue weighted by molar-refractivity contribution is -0.870. The van der Waals surface area contributed by atoms with E-state index in [9.17, 15) is 23.8 Å². The van der Waals surface area contributed by atoms with Gasteiger partial charge in [0.25, 0.3) is 7.82 Å². The molecule has 1 rings (SSSR count). The largest absolute Gasteiger partial charge is 0.756 e. The van der Waals surface area contributed by atoms with Crippen molar-refractivity contribution < 1.29 is 51.3 Å². The number of nitrogens with zero attached hydrogens (tertiary/aromatic N) is 1. The molecule has 0 bridgehead atoms.